The number of hydrogen-bond acceptors (Lipinski definition) is 3. The second-order valence-corrected chi connectivity index (χ2v) is 6.11. The molecule has 0 radical (unpaired) electrons. The van der Waals surface area contributed by atoms with Gasteiger partial charge in [0.1, 0.15) is 0 Å². The molecule has 0 fully saturated rings. The van der Waals surface area contributed by atoms with Crippen LogP contribution < -0.4 is 0 Å². The molecular formula is C18H34O4. The Morgan fingerprint density at radius 1 is 0.864 bits per heavy atom. The minimum Gasteiger partial charge on any atom is -0.478 e. The van der Waals surface area contributed by atoms with Crippen LogP contribution in [0, 0.1) is 0 Å². The number of allylic oxidation sites excluding steroid dienone is 1. The first-order valence-corrected chi connectivity index (χ1v) is 8.81. The summed E-state index contributed by atoms with van der Waals surface area (Å²) in [6, 6.07) is 0. The van der Waals surface area contributed by atoms with Gasteiger partial charge in [-0.3, -0.25) is 0 Å². The summed E-state index contributed by atoms with van der Waals surface area (Å²) in [6.45, 7) is 2.09. The third-order valence-corrected chi connectivity index (χ3v) is 3.87. The second kappa shape index (κ2) is 15.0. The van der Waals surface area contributed by atoms with Crippen LogP contribution in [-0.4, -0.2) is 33.5 Å². The summed E-state index contributed by atoms with van der Waals surface area (Å²) in [6.07, 6.45) is 14.0. The number of rotatable bonds is 15. The zero-order valence-electron chi connectivity index (χ0n) is 14.0. The van der Waals surface area contributed by atoms with Gasteiger partial charge in [-0.05, 0) is 38.5 Å². The molecule has 0 saturated carbocycles. The van der Waals surface area contributed by atoms with Crippen LogP contribution in [0.3, 0.4) is 0 Å². The molecule has 0 aromatic rings. The van der Waals surface area contributed by atoms with Crippen molar-refractivity contribution in [2.75, 3.05) is 0 Å². The Kier molecular flexibility index (Phi) is 14.4. The molecule has 4 heteroatoms. The van der Waals surface area contributed by atoms with Gasteiger partial charge in [0.2, 0.25) is 0 Å². The average molecular weight is 314 g/mol. The number of aliphatic carboxylic acids is 1. The molecule has 4 nitrogen and oxygen atoms in total. The fourth-order valence-electron chi connectivity index (χ4n) is 2.56. The highest BCUT2D eigenvalue weighted by molar-refractivity contribution is 5.79. The largest absolute Gasteiger partial charge is 0.478 e. The monoisotopic (exact) mass is 314 g/mol. The molecule has 0 heterocycles. The van der Waals surface area contributed by atoms with Crippen molar-refractivity contribution in [2.45, 2.75) is 96.2 Å². The number of aliphatic hydroxyl groups excluding tert-OH is 2. The van der Waals surface area contributed by atoms with Crippen molar-refractivity contribution in [2.24, 2.45) is 0 Å². The average Bonchev–Trinajstić information content (AvgIpc) is 2.46. The van der Waals surface area contributed by atoms with Crippen LogP contribution in [0.1, 0.15) is 84.0 Å². The maximum atomic E-state index is 10.3. The molecule has 0 aliphatic heterocycles. The van der Waals surface area contributed by atoms with Crippen LogP contribution >= 0.6 is 0 Å². The van der Waals surface area contributed by atoms with Gasteiger partial charge in [0.15, 0.2) is 0 Å². The van der Waals surface area contributed by atoms with Gasteiger partial charge in [-0.25, -0.2) is 4.79 Å². The van der Waals surface area contributed by atoms with Gasteiger partial charge < -0.3 is 15.3 Å². The first-order valence-electron chi connectivity index (χ1n) is 8.81. The summed E-state index contributed by atoms with van der Waals surface area (Å²) in [5, 5.41) is 27.9. The smallest absolute Gasteiger partial charge is 0.327 e. The van der Waals surface area contributed by atoms with E-state index < -0.39 is 5.97 Å². The van der Waals surface area contributed by atoms with Gasteiger partial charge in [-0.2, -0.15) is 0 Å². The molecule has 0 rings (SSSR count). The molecule has 0 spiro atoms. The lowest BCUT2D eigenvalue weighted by Gasteiger charge is -2.11. The fraction of sp³-hybridized carbons (Fsp3) is 0.833. The van der Waals surface area contributed by atoms with Crippen LogP contribution in [0.5, 0.6) is 0 Å². The van der Waals surface area contributed by atoms with Crippen LogP contribution in [-0.2, 0) is 4.79 Å². The third kappa shape index (κ3) is 15.5. The van der Waals surface area contributed by atoms with Crippen molar-refractivity contribution in [3.63, 3.8) is 0 Å². The molecule has 2 atom stereocenters. The van der Waals surface area contributed by atoms with Gasteiger partial charge in [0.05, 0.1) is 12.2 Å². The van der Waals surface area contributed by atoms with Gasteiger partial charge in [0, 0.05) is 6.08 Å². The number of carboxylic acid groups (broad SMARTS) is 1. The Morgan fingerprint density at radius 2 is 1.36 bits per heavy atom. The third-order valence-electron chi connectivity index (χ3n) is 3.87. The number of carbonyl (C=O) groups is 1. The summed E-state index contributed by atoms with van der Waals surface area (Å²) in [7, 11) is 0. The van der Waals surface area contributed by atoms with E-state index >= 15 is 0 Å². The van der Waals surface area contributed by atoms with E-state index in [1.165, 1.54) is 6.08 Å². The predicted molar refractivity (Wildman–Crippen MR) is 89.9 cm³/mol. The number of unbranched alkanes of at least 4 members (excludes halogenated alkanes) is 5. The van der Waals surface area contributed by atoms with Gasteiger partial charge in [-0.1, -0.05) is 51.5 Å². The highest BCUT2D eigenvalue weighted by Crippen LogP contribution is 2.14. The molecule has 130 valence electrons. The molecule has 0 aromatic carbocycles. The Labute approximate surface area is 135 Å². The van der Waals surface area contributed by atoms with Gasteiger partial charge in [0.25, 0.3) is 0 Å². The summed E-state index contributed by atoms with van der Waals surface area (Å²) in [5.41, 5.74) is 0. The minimum absolute atomic E-state index is 0.148. The van der Waals surface area contributed by atoms with Crippen LogP contribution in [0.4, 0.5) is 0 Å². The van der Waals surface area contributed by atoms with Crippen LogP contribution in [0.2, 0.25) is 0 Å². The molecule has 0 aliphatic rings. The molecule has 0 amide bonds. The number of carboxylic acids is 1. The van der Waals surface area contributed by atoms with Crippen molar-refractivity contribution < 1.29 is 20.1 Å². The van der Waals surface area contributed by atoms with E-state index in [2.05, 4.69) is 6.92 Å². The molecule has 0 aliphatic carbocycles. The SMILES string of the molecule is CCCC(O)CCCCCC(O)CCCCCC=CC(=O)O. The van der Waals surface area contributed by atoms with Crippen LogP contribution in [0.25, 0.3) is 0 Å². The first-order chi connectivity index (χ1) is 10.6. The maximum Gasteiger partial charge on any atom is 0.327 e. The second-order valence-electron chi connectivity index (χ2n) is 6.11. The highest BCUT2D eigenvalue weighted by atomic mass is 16.4. The maximum absolute atomic E-state index is 10.3. The lowest BCUT2D eigenvalue weighted by molar-refractivity contribution is -0.131. The first kappa shape index (κ1) is 21.1. The summed E-state index contributed by atoms with van der Waals surface area (Å²) < 4.78 is 0. The fourth-order valence-corrected chi connectivity index (χ4v) is 2.56. The molecule has 2 unspecified atom stereocenters. The Morgan fingerprint density at radius 3 is 1.86 bits per heavy atom. The van der Waals surface area contributed by atoms with E-state index in [0.717, 1.165) is 77.0 Å². The molecule has 0 bridgehead atoms. The minimum atomic E-state index is -0.891. The van der Waals surface area contributed by atoms with Crippen LogP contribution in [0.15, 0.2) is 12.2 Å². The standard InChI is InChI=1S/C18H34O4/c1-2-11-16(19)12-8-6-9-14-17(20)13-7-4-3-5-10-15-18(21)22/h10,15-17,19-20H,2-9,11-14H2,1H3,(H,21,22). The van der Waals surface area contributed by atoms with E-state index in [9.17, 15) is 15.0 Å². The van der Waals surface area contributed by atoms with Crippen molar-refractivity contribution in [3.05, 3.63) is 12.2 Å². The van der Waals surface area contributed by atoms with Crippen molar-refractivity contribution in [3.8, 4) is 0 Å². The van der Waals surface area contributed by atoms with Crippen molar-refractivity contribution in [1.29, 1.82) is 0 Å². The zero-order chi connectivity index (χ0) is 16.6. The number of aliphatic hydroxyl groups is 2. The highest BCUT2D eigenvalue weighted by Gasteiger charge is 2.05. The van der Waals surface area contributed by atoms with Gasteiger partial charge >= 0.3 is 5.97 Å². The summed E-state index contributed by atoms with van der Waals surface area (Å²) >= 11 is 0. The summed E-state index contributed by atoms with van der Waals surface area (Å²) in [5.74, 6) is -0.891. The van der Waals surface area contributed by atoms with E-state index in [1.807, 2.05) is 0 Å². The molecule has 22 heavy (non-hydrogen) atoms. The Bertz CT molecular complexity index is 289. The Hall–Kier alpha value is -0.870. The lowest BCUT2D eigenvalue weighted by atomic mass is 10.0. The van der Waals surface area contributed by atoms with Gasteiger partial charge in [-0.15, -0.1) is 0 Å². The quantitative estimate of drug-likeness (QED) is 0.315. The van der Waals surface area contributed by atoms with E-state index in [4.69, 9.17) is 5.11 Å². The topological polar surface area (TPSA) is 77.8 Å². The predicted octanol–water partition coefficient (Wildman–Crippen LogP) is 4.05. The lowest BCUT2D eigenvalue weighted by Crippen LogP contribution is -2.07. The van der Waals surface area contributed by atoms with E-state index in [1.54, 1.807) is 6.08 Å². The molecule has 0 saturated heterocycles. The summed E-state index contributed by atoms with van der Waals surface area (Å²) in [4.78, 5) is 10.3. The zero-order valence-corrected chi connectivity index (χ0v) is 14.0. The Balaban J connectivity index is 3.32. The van der Waals surface area contributed by atoms with Crippen molar-refractivity contribution in [1.82, 2.24) is 0 Å². The van der Waals surface area contributed by atoms with Crippen molar-refractivity contribution >= 4 is 5.97 Å². The number of hydrogen-bond donors (Lipinski definition) is 3. The van der Waals surface area contributed by atoms with E-state index in [0.29, 0.717) is 0 Å². The van der Waals surface area contributed by atoms with E-state index in [-0.39, 0.29) is 12.2 Å². The molecular weight excluding hydrogens is 280 g/mol. The molecule has 0 aromatic heterocycles. The normalized spacial score (nSPS) is 14.3. The molecule has 3 N–H and O–H groups in total.